The van der Waals surface area contributed by atoms with E-state index in [1.54, 1.807) is 0 Å². The van der Waals surface area contributed by atoms with E-state index in [1.807, 2.05) is 0 Å². The Balaban J connectivity index is 2.15. The van der Waals surface area contributed by atoms with E-state index < -0.39 is 0 Å². The maximum Gasteiger partial charge on any atom is 0.0575 e. The third-order valence-corrected chi connectivity index (χ3v) is 6.53. The summed E-state index contributed by atoms with van der Waals surface area (Å²) in [6.45, 7) is 2.21. The lowest BCUT2D eigenvalue weighted by molar-refractivity contribution is 1.02. The van der Waals surface area contributed by atoms with Crippen LogP contribution in [0.5, 0.6) is 0 Å². The Kier molecular flexibility index (Phi) is 3.57. The number of rotatable bonds is 1. The Bertz CT molecular complexity index is 1310. The molecule has 0 saturated carbocycles. The molecule has 0 N–H and O–H groups in total. The summed E-state index contributed by atoms with van der Waals surface area (Å²) in [6.07, 6.45) is 0. The van der Waals surface area contributed by atoms with Crippen LogP contribution >= 0.6 is 22.6 Å². The van der Waals surface area contributed by atoms with Gasteiger partial charge in [0.1, 0.15) is 0 Å². The second-order valence-electron chi connectivity index (χ2n) is 6.85. The zero-order valence-corrected chi connectivity index (χ0v) is 16.9. The molecule has 0 amide bonds. The summed E-state index contributed by atoms with van der Waals surface area (Å²) in [6, 6.07) is 26.2. The zero-order valence-electron chi connectivity index (χ0n) is 14.8. The third-order valence-electron chi connectivity index (χ3n) is 5.41. The predicted octanol–water partition coefficient (Wildman–Crippen LogP) is 7.06. The third kappa shape index (κ3) is 2.08. The molecule has 26 heavy (non-hydrogen) atoms. The molecule has 0 radical (unpaired) electrons. The number of aromatic nitrogens is 1. The summed E-state index contributed by atoms with van der Waals surface area (Å²) in [5.74, 6) is 0. The lowest BCUT2D eigenvalue weighted by atomic mass is 9.93. The molecule has 126 valence electrons. The quantitative estimate of drug-likeness (QED) is 0.242. The van der Waals surface area contributed by atoms with Crippen LogP contribution < -0.4 is 0 Å². The SMILES string of the molecule is Cc1ccccc1-c1c(I)c2ccccc2c2c1c1ccccc1n2C. The van der Waals surface area contributed by atoms with Gasteiger partial charge in [-0.2, -0.15) is 0 Å². The molecule has 0 aliphatic carbocycles. The molecule has 0 aliphatic heterocycles. The maximum absolute atomic E-state index is 2.54. The van der Waals surface area contributed by atoms with Crippen LogP contribution in [0.15, 0.2) is 72.8 Å². The summed E-state index contributed by atoms with van der Waals surface area (Å²) in [4.78, 5) is 0. The van der Waals surface area contributed by atoms with Crippen molar-refractivity contribution in [1.29, 1.82) is 0 Å². The first-order valence-corrected chi connectivity index (χ1v) is 9.89. The number of hydrogen-bond acceptors (Lipinski definition) is 0. The normalized spacial score (nSPS) is 11.7. The van der Waals surface area contributed by atoms with E-state index in [9.17, 15) is 0 Å². The van der Waals surface area contributed by atoms with Gasteiger partial charge in [-0.3, -0.25) is 0 Å². The molecule has 1 nitrogen and oxygen atoms in total. The van der Waals surface area contributed by atoms with Crippen LogP contribution in [0.25, 0.3) is 43.7 Å². The number of nitrogens with zero attached hydrogens (tertiary/aromatic N) is 1. The minimum atomic E-state index is 1.28. The highest BCUT2D eigenvalue weighted by molar-refractivity contribution is 14.1. The monoisotopic (exact) mass is 447 g/mol. The minimum absolute atomic E-state index is 1.28. The van der Waals surface area contributed by atoms with Gasteiger partial charge in [0.15, 0.2) is 0 Å². The van der Waals surface area contributed by atoms with Gasteiger partial charge in [-0.1, -0.05) is 66.7 Å². The predicted molar refractivity (Wildman–Crippen MR) is 121 cm³/mol. The van der Waals surface area contributed by atoms with Gasteiger partial charge < -0.3 is 4.57 Å². The van der Waals surface area contributed by atoms with Crippen LogP contribution in [0.1, 0.15) is 5.56 Å². The summed E-state index contributed by atoms with van der Waals surface area (Å²) in [5, 5.41) is 5.33. The van der Waals surface area contributed by atoms with Crippen molar-refractivity contribution in [3.8, 4) is 11.1 Å². The summed E-state index contributed by atoms with van der Waals surface area (Å²) in [5.41, 5.74) is 6.60. The van der Waals surface area contributed by atoms with E-state index >= 15 is 0 Å². The lowest BCUT2D eigenvalue weighted by Crippen LogP contribution is -1.93. The fourth-order valence-corrected chi connectivity index (χ4v) is 5.22. The molecule has 0 atom stereocenters. The number of benzene rings is 4. The first-order chi connectivity index (χ1) is 12.7. The van der Waals surface area contributed by atoms with Crippen LogP contribution in [0.4, 0.5) is 0 Å². The maximum atomic E-state index is 2.54. The van der Waals surface area contributed by atoms with Crippen molar-refractivity contribution in [3.05, 3.63) is 81.9 Å². The number of hydrogen-bond donors (Lipinski definition) is 0. The van der Waals surface area contributed by atoms with E-state index in [0.717, 1.165) is 0 Å². The van der Waals surface area contributed by atoms with Crippen molar-refractivity contribution in [2.75, 3.05) is 0 Å². The van der Waals surface area contributed by atoms with Crippen LogP contribution in [-0.4, -0.2) is 4.57 Å². The number of fused-ring (bicyclic) bond motifs is 5. The van der Waals surface area contributed by atoms with Crippen molar-refractivity contribution in [3.63, 3.8) is 0 Å². The Morgan fingerprint density at radius 3 is 2.12 bits per heavy atom. The first kappa shape index (κ1) is 15.9. The van der Waals surface area contributed by atoms with E-state index in [1.165, 1.54) is 52.8 Å². The van der Waals surface area contributed by atoms with Crippen LogP contribution in [0, 0.1) is 10.5 Å². The first-order valence-electron chi connectivity index (χ1n) is 8.82. The molecule has 4 aromatic carbocycles. The average molecular weight is 447 g/mol. The smallest absolute Gasteiger partial charge is 0.0575 e. The fourth-order valence-electron chi connectivity index (χ4n) is 4.19. The van der Waals surface area contributed by atoms with E-state index in [2.05, 4.69) is 114 Å². The lowest BCUT2D eigenvalue weighted by Gasteiger charge is -2.15. The summed E-state index contributed by atoms with van der Waals surface area (Å²) < 4.78 is 3.68. The molecule has 0 saturated heterocycles. The summed E-state index contributed by atoms with van der Waals surface area (Å²) in [7, 11) is 2.19. The molecular formula is C24H18IN. The molecule has 0 fully saturated rings. The van der Waals surface area contributed by atoms with Crippen molar-refractivity contribution in [2.45, 2.75) is 6.92 Å². The molecule has 5 rings (SSSR count). The van der Waals surface area contributed by atoms with Crippen LogP contribution in [0.3, 0.4) is 0 Å². The van der Waals surface area contributed by atoms with Crippen LogP contribution in [0.2, 0.25) is 0 Å². The molecule has 1 aromatic heterocycles. The molecule has 0 aliphatic rings. The van der Waals surface area contributed by atoms with E-state index in [4.69, 9.17) is 0 Å². The molecular weight excluding hydrogens is 429 g/mol. The molecule has 0 bridgehead atoms. The second kappa shape index (κ2) is 5.85. The van der Waals surface area contributed by atoms with Gasteiger partial charge in [-0.05, 0) is 52.1 Å². The van der Waals surface area contributed by atoms with Crippen molar-refractivity contribution >= 4 is 55.2 Å². The van der Waals surface area contributed by atoms with Gasteiger partial charge >= 0.3 is 0 Å². The average Bonchev–Trinajstić information content (AvgIpc) is 2.97. The zero-order chi connectivity index (χ0) is 17.8. The van der Waals surface area contributed by atoms with Gasteiger partial charge in [0.2, 0.25) is 0 Å². The largest absolute Gasteiger partial charge is 0.343 e. The summed E-state index contributed by atoms with van der Waals surface area (Å²) >= 11 is 2.54. The highest BCUT2D eigenvalue weighted by atomic mass is 127. The Labute approximate surface area is 166 Å². The molecule has 2 heteroatoms. The number of aryl methyl sites for hydroxylation is 2. The van der Waals surface area contributed by atoms with Crippen molar-refractivity contribution in [2.24, 2.45) is 7.05 Å². The van der Waals surface area contributed by atoms with Gasteiger partial charge in [-0.15, -0.1) is 0 Å². The highest BCUT2D eigenvalue weighted by Gasteiger charge is 2.20. The van der Waals surface area contributed by atoms with E-state index in [0.29, 0.717) is 0 Å². The number of para-hydroxylation sites is 1. The van der Waals surface area contributed by atoms with Gasteiger partial charge in [0, 0.05) is 37.9 Å². The Morgan fingerprint density at radius 2 is 1.35 bits per heavy atom. The Morgan fingerprint density at radius 1 is 0.731 bits per heavy atom. The second-order valence-corrected chi connectivity index (χ2v) is 7.93. The van der Waals surface area contributed by atoms with Crippen LogP contribution in [-0.2, 0) is 7.05 Å². The standard InChI is InChI=1S/C24H18IN/c1-15-9-3-4-10-16(15)21-22-19-13-7-8-14-20(19)26(2)24(22)18-12-6-5-11-17(18)23(21)25/h3-14H,1-2H3. The molecule has 1 heterocycles. The highest BCUT2D eigenvalue weighted by Crippen LogP contribution is 2.44. The fraction of sp³-hybridized carbons (Fsp3) is 0.0833. The number of halogens is 1. The van der Waals surface area contributed by atoms with Gasteiger partial charge in [0.25, 0.3) is 0 Å². The topological polar surface area (TPSA) is 4.93 Å². The molecule has 0 unspecified atom stereocenters. The Hall–Kier alpha value is -2.33. The van der Waals surface area contributed by atoms with Crippen molar-refractivity contribution in [1.82, 2.24) is 4.57 Å². The minimum Gasteiger partial charge on any atom is -0.343 e. The molecule has 5 aromatic rings. The van der Waals surface area contributed by atoms with Gasteiger partial charge in [0.05, 0.1) is 5.52 Å². The molecule has 0 spiro atoms. The van der Waals surface area contributed by atoms with E-state index in [-0.39, 0.29) is 0 Å². The van der Waals surface area contributed by atoms with Gasteiger partial charge in [-0.25, -0.2) is 0 Å². The van der Waals surface area contributed by atoms with Crippen molar-refractivity contribution < 1.29 is 0 Å².